The van der Waals surface area contributed by atoms with Crippen molar-refractivity contribution in [3.8, 4) is 0 Å². The molecule has 0 unspecified atom stereocenters. The van der Waals surface area contributed by atoms with Crippen LogP contribution in [0.4, 0.5) is 5.69 Å². The van der Waals surface area contributed by atoms with Crippen molar-refractivity contribution in [1.29, 1.82) is 0 Å². The van der Waals surface area contributed by atoms with Crippen molar-refractivity contribution in [2.45, 2.75) is 39.2 Å². The van der Waals surface area contributed by atoms with Crippen LogP contribution in [0.2, 0.25) is 0 Å². The molecule has 0 aromatic heterocycles. The van der Waals surface area contributed by atoms with Gasteiger partial charge in [-0.1, -0.05) is 6.07 Å². The Balaban J connectivity index is 1.56. The second kappa shape index (κ2) is 5.98. The van der Waals surface area contributed by atoms with Gasteiger partial charge in [-0.2, -0.15) is 0 Å². The summed E-state index contributed by atoms with van der Waals surface area (Å²) in [5.41, 5.74) is 10.1. The molecule has 1 aromatic carbocycles. The van der Waals surface area contributed by atoms with E-state index in [9.17, 15) is 0 Å². The molecule has 2 aliphatic heterocycles. The molecule has 116 valence electrons. The number of hydrogen-bond acceptors (Lipinski definition) is 3. The summed E-state index contributed by atoms with van der Waals surface area (Å²) in [6, 6.07) is 6.33. The largest absolute Gasteiger partial charge is 0.399 e. The topological polar surface area (TPSA) is 32.5 Å². The Morgan fingerprint density at radius 1 is 1.05 bits per heavy atom. The van der Waals surface area contributed by atoms with E-state index in [4.69, 9.17) is 5.73 Å². The third-order valence-corrected chi connectivity index (χ3v) is 5.73. The average molecular weight is 287 g/mol. The lowest BCUT2D eigenvalue weighted by Crippen LogP contribution is -2.45. The molecule has 2 saturated heterocycles. The number of piperidine rings is 2. The van der Waals surface area contributed by atoms with Crippen LogP contribution in [0.15, 0.2) is 18.2 Å². The van der Waals surface area contributed by atoms with Gasteiger partial charge in [-0.15, -0.1) is 0 Å². The summed E-state index contributed by atoms with van der Waals surface area (Å²) in [6.45, 7) is 8.35. The molecule has 0 aliphatic carbocycles. The summed E-state index contributed by atoms with van der Waals surface area (Å²) in [4.78, 5) is 5.11. The summed E-state index contributed by atoms with van der Waals surface area (Å²) < 4.78 is 0. The van der Waals surface area contributed by atoms with Gasteiger partial charge in [-0.05, 0) is 94.5 Å². The van der Waals surface area contributed by atoms with Gasteiger partial charge in [0.15, 0.2) is 0 Å². The van der Waals surface area contributed by atoms with E-state index in [1.807, 2.05) is 6.07 Å². The van der Waals surface area contributed by atoms with Crippen molar-refractivity contribution in [3.05, 3.63) is 29.3 Å². The lowest BCUT2D eigenvalue weighted by Gasteiger charge is -2.46. The smallest absolute Gasteiger partial charge is 0.0316 e. The van der Waals surface area contributed by atoms with Crippen LogP contribution < -0.4 is 5.73 Å². The van der Waals surface area contributed by atoms with E-state index < -0.39 is 0 Å². The van der Waals surface area contributed by atoms with Crippen molar-refractivity contribution in [2.24, 2.45) is 5.41 Å². The van der Waals surface area contributed by atoms with Gasteiger partial charge in [-0.25, -0.2) is 0 Å². The normalized spacial score (nSPS) is 23.5. The van der Waals surface area contributed by atoms with E-state index >= 15 is 0 Å². The number of benzene rings is 1. The number of nitrogens with zero attached hydrogens (tertiary/aromatic N) is 2. The van der Waals surface area contributed by atoms with E-state index in [1.165, 1.54) is 63.0 Å². The molecule has 21 heavy (non-hydrogen) atoms. The Morgan fingerprint density at radius 2 is 1.67 bits per heavy atom. The zero-order valence-electron chi connectivity index (χ0n) is 13.6. The van der Waals surface area contributed by atoms with Crippen LogP contribution in [0.5, 0.6) is 0 Å². The first kappa shape index (κ1) is 14.9. The lowest BCUT2D eigenvalue weighted by molar-refractivity contribution is 0.0400. The Labute approximate surface area is 129 Å². The molecule has 3 nitrogen and oxygen atoms in total. The second-order valence-corrected chi connectivity index (χ2v) is 7.27. The molecular weight excluding hydrogens is 258 g/mol. The molecule has 0 bridgehead atoms. The van der Waals surface area contributed by atoms with Crippen LogP contribution in [0, 0.1) is 12.3 Å². The van der Waals surface area contributed by atoms with Crippen molar-refractivity contribution in [3.63, 3.8) is 0 Å². The molecule has 0 saturated carbocycles. The maximum absolute atomic E-state index is 5.85. The molecule has 1 aromatic rings. The van der Waals surface area contributed by atoms with E-state index in [2.05, 4.69) is 35.9 Å². The highest BCUT2D eigenvalue weighted by Crippen LogP contribution is 2.41. The SMILES string of the molecule is Cc1cc(N)ccc1CN1CCC2(CCN(C)CC2)CC1. The maximum Gasteiger partial charge on any atom is 0.0316 e. The highest BCUT2D eigenvalue weighted by Gasteiger charge is 2.36. The van der Waals surface area contributed by atoms with Crippen molar-refractivity contribution >= 4 is 5.69 Å². The zero-order chi connectivity index (χ0) is 14.9. The van der Waals surface area contributed by atoms with E-state index in [-0.39, 0.29) is 0 Å². The van der Waals surface area contributed by atoms with E-state index in [0.717, 1.165) is 12.2 Å². The van der Waals surface area contributed by atoms with Gasteiger partial charge in [0.25, 0.3) is 0 Å². The number of nitrogens with two attached hydrogens (primary N) is 1. The average Bonchev–Trinajstić information content (AvgIpc) is 2.48. The maximum atomic E-state index is 5.85. The molecule has 0 amide bonds. The highest BCUT2D eigenvalue weighted by atomic mass is 15.1. The Hall–Kier alpha value is -1.06. The van der Waals surface area contributed by atoms with Crippen molar-refractivity contribution in [2.75, 3.05) is 39.0 Å². The number of aryl methyl sites for hydroxylation is 1. The van der Waals surface area contributed by atoms with Crippen LogP contribution >= 0.6 is 0 Å². The minimum Gasteiger partial charge on any atom is -0.399 e. The van der Waals surface area contributed by atoms with Gasteiger partial charge in [0.1, 0.15) is 0 Å². The standard InChI is InChI=1S/C18H29N3/c1-15-13-17(19)4-3-16(15)14-21-11-7-18(8-12-21)5-9-20(2)10-6-18/h3-4,13H,5-12,14,19H2,1-2H3. The fraction of sp³-hybridized carbons (Fsp3) is 0.667. The molecule has 2 heterocycles. The quantitative estimate of drug-likeness (QED) is 0.849. The van der Waals surface area contributed by atoms with Crippen molar-refractivity contribution < 1.29 is 0 Å². The van der Waals surface area contributed by atoms with Crippen LogP contribution in [0.1, 0.15) is 36.8 Å². The first-order valence-corrected chi connectivity index (χ1v) is 8.32. The molecule has 0 atom stereocenters. The van der Waals surface area contributed by atoms with Gasteiger partial charge < -0.3 is 10.6 Å². The summed E-state index contributed by atoms with van der Waals surface area (Å²) in [7, 11) is 2.26. The Bertz CT molecular complexity index is 479. The van der Waals surface area contributed by atoms with Crippen LogP contribution in [-0.4, -0.2) is 43.0 Å². The Kier molecular flexibility index (Phi) is 4.23. The number of likely N-dealkylation sites (tertiary alicyclic amines) is 2. The van der Waals surface area contributed by atoms with E-state index in [0.29, 0.717) is 5.41 Å². The number of nitrogen functional groups attached to an aromatic ring is 1. The predicted octanol–water partition coefficient (Wildman–Crippen LogP) is 2.89. The van der Waals surface area contributed by atoms with Crippen LogP contribution in [0.25, 0.3) is 0 Å². The van der Waals surface area contributed by atoms with Gasteiger partial charge in [0.05, 0.1) is 0 Å². The zero-order valence-corrected chi connectivity index (χ0v) is 13.6. The molecule has 3 heteroatoms. The molecule has 2 N–H and O–H groups in total. The molecule has 1 spiro atoms. The van der Waals surface area contributed by atoms with Crippen LogP contribution in [-0.2, 0) is 6.54 Å². The first-order valence-electron chi connectivity index (χ1n) is 8.32. The number of rotatable bonds is 2. The second-order valence-electron chi connectivity index (χ2n) is 7.27. The minimum atomic E-state index is 0.652. The predicted molar refractivity (Wildman–Crippen MR) is 89.3 cm³/mol. The molecular formula is C18H29N3. The first-order chi connectivity index (χ1) is 10.1. The van der Waals surface area contributed by atoms with Gasteiger partial charge >= 0.3 is 0 Å². The molecule has 3 rings (SSSR count). The third kappa shape index (κ3) is 3.41. The van der Waals surface area contributed by atoms with Crippen LogP contribution in [0.3, 0.4) is 0 Å². The van der Waals surface area contributed by atoms with Crippen molar-refractivity contribution in [1.82, 2.24) is 9.80 Å². The lowest BCUT2D eigenvalue weighted by atomic mass is 9.71. The summed E-state index contributed by atoms with van der Waals surface area (Å²) >= 11 is 0. The molecule has 2 fully saturated rings. The monoisotopic (exact) mass is 287 g/mol. The highest BCUT2D eigenvalue weighted by molar-refractivity contribution is 5.44. The fourth-order valence-corrected chi connectivity index (χ4v) is 3.92. The van der Waals surface area contributed by atoms with Gasteiger partial charge in [-0.3, -0.25) is 4.90 Å². The third-order valence-electron chi connectivity index (χ3n) is 5.73. The summed E-state index contributed by atoms with van der Waals surface area (Å²) in [6.07, 6.45) is 5.57. The summed E-state index contributed by atoms with van der Waals surface area (Å²) in [5.74, 6) is 0. The fourth-order valence-electron chi connectivity index (χ4n) is 3.92. The Morgan fingerprint density at radius 3 is 2.29 bits per heavy atom. The molecule has 0 radical (unpaired) electrons. The number of hydrogen-bond donors (Lipinski definition) is 1. The number of anilines is 1. The summed E-state index contributed by atoms with van der Waals surface area (Å²) in [5, 5.41) is 0. The van der Waals surface area contributed by atoms with Gasteiger partial charge in [0.2, 0.25) is 0 Å². The molecule has 2 aliphatic rings. The minimum absolute atomic E-state index is 0.652. The van der Waals surface area contributed by atoms with E-state index in [1.54, 1.807) is 0 Å². The van der Waals surface area contributed by atoms with Gasteiger partial charge in [0, 0.05) is 12.2 Å².